The minimum Gasteiger partial charge on any atom is -0.338 e. The van der Waals surface area contributed by atoms with Gasteiger partial charge in [-0.2, -0.15) is 0 Å². The lowest BCUT2D eigenvalue weighted by Crippen LogP contribution is -2.44. The molecule has 2 aliphatic rings. The summed E-state index contributed by atoms with van der Waals surface area (Å²) in [6, 6.07) is 5.62. The fourth-order valence-electron chi connectivity index (χ4n) is 4.78. The fourth-order valence-corrected chi connectivity index (χ4v) is 5.59. The van der Waals surface area contributed by atoms with Crippen molar-refractivity contribution in [2.24, 2.45) is 11.8 Å². The summed E-state index contributed by atoms with van der Waals surface area (Å²) in [5.74, 6) is 1.37. The predicted octanol–water partition coefficient (Wildman–Crippen LogP) is 4.97. The highest BCUT2D eigenvalue weighted by molar-refractivity contribution is 7.13. The van der Waals surface area contributed by atoms with E-state index >= 15 is 0 Å². The molecule has 6 heteroatoms. The zero-order valence-corrected chi connectivity index (χ0v) is 18.3. The zero-order valence-electron chi connectivity index (χ0n) is 17.5. The second-order valence-electron chi connectivity index (χ2n) is 8.48. The minimum absolute atomic E-state index is 0.0781. The van der Waals surface area contributed by atoms with Gasteiger partial charge in [0, 0.05) is 24.3 Å². The highest BCUT2D eigenvalue weighted by atomic mass is 32.1. The van der Waals surface area contributed by atoms with Gasteiger partial charge in [0.15, 0.2) is 0 Å². The normalized spacial score (nSPS) is 21.6. The van der Waals surface area contributed by atoms with Crippen LogP contribution in [0.15, 0.2) is 18.2 Å². The number of rotatable bonds is 3. The number of likely N-dealkylation sites (tertiary alicyclic amines) is 1. The molecule has 2 aromatic rings. The van der Waals surface area contributed by atoms with Gasteiger partial charge in [-0.15, -0.1) is 11.3 Å². The molecule has 1 aromatic carbocycles. The van der Waals surface area contributed by atoms with E-state index in [-0.39, 0.29) is 11.8 Å². The first-order chi connectivity index (χ1) is 13.9. The van der Waals surface area contributed by atoms with E-state index in [2.05, 4.69) is 10.3 Å². The first-order valence-corrected chi connectivity index (χ1v) is 11.4. The lowest BCUT2D eigenvalue weighted by molar-refractivity contribution is 0.0521. The summed E-state index contributed by atoms with van der Waals surface area (Å²) in [6.45, 7) is 7.41. The number of anilines is 1. The second-order valence-corrected chi connectivity index (χ2v) is 9.68. The van der Waals surface area contributed by atoms with Gasteiger partial charge >= 0.3 is 0 Å². The number of carbonyl (C=O) groups excluding carboxylic acids is 2. The van der Waals surface area contributed by atoms with Gasteiger partial charge in [-0.3, -0.25) is 9.59 Å². The maximum atomic E-state index is 13.2. The van der Waals surface area contributed by atoms with E-state index < -0.39 is 0 Å². The lowest BCUT2D eigenvalue weighted by atomic mass is 9.75. The van der Waals surface area contributed by atoms with E-state index in [1.54, 1.807) is 0 Å². The van der Waals surface area contributed by atoms with Gasteiger partial charge in [0.25, 0.3) is 11.8 Å². The summed E-state index contributed by atoms with van der Waals surface area (Å²) < 4.78 is 0. The van der Waals surface area contributed by atoms with Crippen LogP contribution in [0.25, 0.3) is 0 Å². The van der Waals surface area contributed by atoms with Crippen LogP contribution in [0, 0.1) is 32.6 Å². The molecule has 0 radical (unpaired) electrons. The number of thiazole rings is 1. The topological polar surface area (TPSA) is 62.3 Å². The van der Waals surface area contributed by atoms with Crippen LogP contribution in [0.1, 0.15) is 68.4 Å². The van der Waals surface area contributed by atoms with E-state index in [9.17, 15) is 9.59 Å². The predicted molar refractivity (Wildman–Crippen MR) is 117 cm³/mol. The largest absolute Gasteiger partial charge is 0.338 e. The standard InChI is InChI=1S/C23H29N3O2S/c1-14-8-9-18(12-20(14)25-22(27)21-15(2)24-16(3)29-21)23(28)26-11-10-17-6-4-5-7-19(17)13-26/h8-9,12,17,19H,4-7,10-11,13H2,1-3H3,(H,25,27)/t17-,19-/m0/s1. The first-order valence-electron chi connectivity index (χ1n) is 10.6. The van der Waals surface area contributed by atoms with Crippen molar-refractivity contribution in [2.75, 3.05) is 18.4 Å². The van der Waals surface area contributed by atoms with Gasteiger partial charge in [0.05, 0.1) is 10.7 Å². The molecule has 1 aliphatic carbocycles. The van der Waals surface area contributed by atoms with Crippen LogP contribution in [0.4, 0.5) is 5.69 Å². The highest BCUT2D eigenvalue weighted by Gasteiger charge is 2.33. The number of nitrogens with one attached hydrogen (secondary N) is 1. The van der Waals surface area contributed by atoms with Crippen LogP contribution < -0.4 is 5.32 Å². The van der Waals surface area contributed by atoms with Crippen molar-refractivity contribution >= 4 is 28.8 Å². The Morgan fingerprint density at radius 1 is 1.10 bits per heavy atom. The average Bonchev–Trinajstić information content (AvgIpc) is 3.07. The van der Waals surface area contributed by atoms with Crippen LogP contribution in [0.2, 0.25) is 0 Å². The quantitative estimate of drug-likeness (QED) is 0.775. The zero-order chi connectivity index (χ0) is 20.5. The van der Waals surface area contributed by atoms with Crippen molar-refractivity contribution in [1.82, 2.24) is 9.88 Å². The molecule has 2 amide bonds. The molecule has 0 spiro atoms. The van der Waals surface area contributed by atoms with Crippen LogP contribution in [0.3, 0.4) is 0 Å². The number of aryl methyl sites for hydroxylation is 3. The first kappa shape index (κ1) is 20.1. The third-order valence-electron chi connectivity index (χ3n) is 6.42. The molecule has 2 atom stereocenters. The van der Waals surface area contributed by atoms with E-state index in [1.165, 1.54) is 37.0 Å². The number of amides is 2. The Morgan fingerprint density at radius 3 is 2.59 bits per heavy atom. The van der Waals surface area contributed by atoms with Crippen molar-refractivity contribution in [3.8, 4) is 0 Å². The van der Waals surface area contributed by atoms with E-state index in [1.807, 2.05) is 43.9 Å². The molecule has 1 saturated heterocycles. The molecule has 29 heavy (non-hydrogen) atoms. The maximum absolute atomic E-state index is 13.2. The molecule has 154 valence electrons. The fraction of sp³-hybridized carbons (Fsp3) is 0.522. The second kappa shape index (κ2) is 8.27. The molecule has 4 rings (SSSR count). The molecule has 1 saturated carbocycles. The molecular weight excluding hydrogens is 382 g/mol. The number of carbonyl (C=O) groups is 2. The van der Waals surface area contributed by atoms with E-state index in [4.69, 9.17) is 0 Å². The van der Waals surface area contributed by atoms with Gasteiger partial charge in [-0.1, -0.05) is 25.3 Å². The Kier molecular flexibility index (Phi) is 5.72. The lowest BCUT2D eigenvalue weighted by Gasteiger charge is -2.41. The smallest absolute Gasteiger partial charge is 0.267 e. The number of piperidine rings is 1. The van der Waals surface area contributed by atoms with Crippen LogP contribution in [-0.4, -0.2) is 34.8 Å². The summed E-state index contributed by atoms with van der Waals surface area (Å²) >= 11 is 1.39. The number of nitrogens with zero attached hydrogens (tertiary/aromatic N) is 2. The van der Waals surface area contributed by atoms with Crippen LogP contribution >= 0.6 is 11.3 Å². The SMILES string of the molecule is Cc1nc(C)c(C(=O)Nc2cc(C(=O)N3CC[C@@H]4CCCC[C@H]4C3)ccc2C)s1. The number of aromatic nitrogens is 1. The molecule has 1 N–H and O–H groups in total. The Hall–Kier alpha value is -2.21. The summed E-state index contributed by atoms with van der Waals surface area (Å²) in [5, 5.41) is 3.86. The van der Waals surface area contributed by atoms with Crippen molar-refractivity contribution in [3.63, 3.8) is 0 Å². The molecule has 1 aromatic heterocycles. The van der Waals surface area contributed by atoms with Gasteiger partial charge in [-0.05, 0) is 63.1 Å². The maximum Gasteiger partial charge on any atom is 0.267 e. The Balaban J connectivity index is 1.49. The Morgan fingerprint density at radius 2 is 1.86 bits per heavy atom. The summed E-state index contributed by atoms with van der Waals surface area (Å²) in [4.78, 5) is 32.8. The van der Waals surface area contributed by atoms with Crippen LogP contribution in [-0.2, 0) is 0 Å². The summed E-state index contributed by atoms with van der Waals surface area (Å²) in [5.41, 5.74) is 3.03. The molecular formula is C23H29N3O2S. The average molecular weight is 412 g/mol. The Bertz CT molecular complexity index is 936. The van der Waals surface area contributed by atoms with Crippen molar-refractivity contribution < 1.29 is 9.59 Å². The number of hydrogen-bond acceptors (Lipinski definition) is 4. The van der Waals surface area contributed by atoms with Crippen molar-refractivity contribution in [2.45, 2.75) is 52.9 Å². The molecule has 2 heterocycles. The summed E-state index contributed by atoms with van der Waals surface area (Å²) in [7, 11) is 0. The molecule has 0 bridgehead atoms. The van der Waals surface area contributed by atoms with Crippen LogP contribution in [0.5, 0.6) is 0 Å². The minimum atomic E-state index is -0.163. The number of fused-ring (bicyclic) bond motifs is 1. The number of benzene rings is 1. The monoisotopic (exact) mass is 411 g/mol. The molecule has 0 unspecified atom stereocenters. The number of hydrogen-bond donors (Lipinski definition) is 1. The molecule has 5 nitrogen and oxygen atoms in total. The van der Waals surface area contributed by atoms with Crippen molar-refractivity contribution in [3.05, 3.63) is 44.9 Å². The Labute approximate surface area is 176 Å². The van der Waals surface area contributed by atoms with Crippen molar-refractivity contribution in [1.29, 1.82) is 0 Å². The van der Waals surface area contributed by atoms with Gasteiger partial charge in [-0.25, -0.2) is 4.98 Å². The highest BCUT2D eigenvalue weighted by Crippen LogP contribution is 2.36. The molecule has 1 aliphatic heterocycles. The van der Waals surface area contributed by atoms with E-state index in [0.717, 1.165) is 41.7 Å². The summed E-state index contributed by atoms with van der Waals surface area (Å²) in [6.07, 6.45) is 6.33. The van der Waals surface area contributed by atoms with Gasteiger partial charge in [0.2, 0.25) is 0 Å². The third kappa shape index (κ3) is 4.22. The van der Waals surface area contributed by atoms with E-state index in [0.29, 0.717) is 22.0 Å². The molecule has 2 fully saturated rings. The third-order valence-corrected chi connectivity index (χ3v) is 7.49. The van der Waals surface area contributed by atoms with Gasteiger partial charge in [0.1, 0.15) is 4.88 Å². The van der Waals surface area contributed by atoms with Gasteiger partial charge < -0.3 is 10.2 Å².